The standard InChI is InChI=1S/C14H19N3O2/c1-4-10-11(5-2)17-14(16-10)8-6-13(19-3)12(18)7-9(8)15/h6-7,18H,4-5,15H2,1-3H3,(H,16,17). The van der Waals surface area contributed by atoms with Gasteiger partial charge in [0, 0.05) is 23.0 Å². The molecule has 0 unspecified atom stereocenters. The summed E-state index contributed by atoms with van der Waals surface area (Å²) in [4.78, 5) is 7.84. The highest BCUT2D eigenvalue weighted by Crippen LogP contribution is 2.35. The average molecular weight is 261 g/mol. The monoisotopic (exact) mass is 261 g/mol. The number of hydrogen-bond acceptors (Lipinski definition) is 4. The van der Waals surface area contributed by atoms with E-state index < -0.39 is 0 Å². The van der Waals surface area contributed by atoms with Crippen LogP contribution in [0.15, 0.2) is 12.1 Å². The van der Waals surface area contributed by atoms with Gasteiger partial charge in [-0.3, -0.25) is 0 Å². The molecule has 2 aromatic rings. The molecular formula is C14H19N3O2. The van der Waals surface area contributed by atoms with Gasteiger partial charge in [-0.2, -0.15) is 0 Å². The molecule has 1 heterocycles. The van der Waals surface area contributed by atoms with E-state index in [1.807, 2.05) is 0 Å². The second-order valence-electron chi connectivity index (χ2n) is 4.33. The number of H-pyrrole nitrogens is 1. The van der Waals surface area contributed by atoms with Gasteiger partial charge < -0.3 is 20.6 Å². The number of phenols is 1. The molecule has 0 saturated heterocycles. The summed E-state index contributed by atoms with van der Waals surface area (Å²) in [5.74, 6) is 1.13. The van der Waals surface area contributed by atoms with E-state index in [4.69, 9.17) is 10.5 Å². The number of aromatic amines is 1. The molecular weight excluding hydrogens is 242 g/mol. The van der Waals surface area contributed by atoms with Crippen molar-refractivity contribution in [3.05, 3.63) is 23.5 Å². The van der Waals surface area contributed by atoms with Crippen LogP contribution in [0.2, 0.25) is 0 Å². The van der Waals surface area contributed by atoms with Gasteiger partial charge in [0.25, 0.3) is 0 Å². The number of ether oxygens (including phenoxy) is 1. The maximum Gasteiger partial charge on any atom is 0.161 e. The summed E-state index contributed by atoms with van der Waals surface area (Å²) in [6, 6.07) is 3.18. The van der Waals surface area contributed by atoms with Crippen molar-refractivity contribution in [2.45, 2.75) is 26.7 Å². The number of aromatic nitrogens is 2. The lowest BCUT2D eigenvalue weighted by Crippen LogP contribution is -1.94. The Kier molecular flexibility index (Phi) is 3.64. The quantitative estimate of drug-likeness (QED) is 0.738. The summed E-state index contributed by atoms with van der Waals surface area (Å²) < 4.78 is 5.10. The number of aromatic hydroxyl groups is 1. The number of nitrogen functional groups attached to an aromatic ring is 1. The molecule has 4 N–H and O–H groups in total. The Morgan fingerprint density at radius 1 is 1.32 bits per heavy atom. The first-order valence-electron chi connectivity index (χ1n) is 6.35. The van der Waals surface area contributed by atoms with Crippen LogP contribution in [0, 0.1) is 0 Å². The predicted molar refractivity (Wildman–Crippen MR) is 75.4 cm³/mol. The first kappa shape index (κ1) is 13.3. The number of aryl methyl sites for hydroxylation is 2. The molecule has 0 bridgehead atoms. The highest BCUT2D eigenvalue weighted by atomic mass is 16.5. The third kappa shape index (κ3) is 2.36. The van der Waals surface area contributed by atoms with Crippen LogP contribution in [0.5, 0.6) is 11.5 Å². The molecule has 0 fully saturated rings. The third-order valence-electron chi connectivity index (χ3n) is 3.16. The largest absolute Gasteiger partial charge is 0.504 e. The van der Waals surface area contributed by atoms with Crippen LogP contribution in [0.25, 0.3) is 11.4 Å². The molecule has 0 saturated carbocycles. The third-order valence-corrected chi connectivity index (χ3v) is 3.16. The number of imidazole rings is 1. The summed E-state index contributed by atoms with van der Waals surface area (Å²) in [6.07, 6.45) is 1.76. The van der Waals surface area contributed by atoms with Crippen LogP contribution in [0.3, 0.4) is 0 Å². The van der Waals surface area contributed by atoms with E-state index >= 15 is 0 Å². The number of nitrogens with two attached hydrogens (primary N) is 1. The van der Waals surface area contributed by atoms with Crippen LogP contribution in [0.1, 0.15) is 25.2 Å². The summed E-state index contributed by atoms with van der Waals surface area (Å²) in [5.41, 5.74) is 9.31. The van der Waals surface area contributed by atoms with Crippen molar-refractivity contribution >= 4 is 5.69 Å². The molecule has 5 nitrogen and oxygen atoms in total. The molecule has 0 spiro atoms. The van der Waals surface area contributed by atoms with E-state index in [0.29, 0.717) is 17.3 Å². The van der Waals surface area contributed by atoms with Crippen LogP contribution < -0.4 is 10.5 Å². The van der Waals surface area contributed by atoms with E-state index in [1.165, 1.54) is 13.2 Å². The van der Waals surface area contributed by atoms with Crippen molar-refractivity contribution in [1.82, 2.24) is 9.97 Å². The summed E-state index contributed by atoms with van der Waals surface area (Å²) in [7, 11) is 1.51. The summed E-state index contributed by atoms with van der Waals surface area (Å²) in [6.45, 7) is 4.15. The van der Waals surface area contributed by atoms with Crippen LogP contribution in [-0.2, 0) is 12.8 Å². The number of anilines is 1. The Bertz CT molecular complexity index is 569. The van der Waals surface area contributed by atoms with Crippen LogP contribution in [0.4, 0.5) is 5.69 Å². The highest BCUT2D eigenvalue weighted by Gasteiger charge is 2.14. The minimum absolute atomic E-state index is 0.0294. The minimum Gasteiger partial charge on any atom is -0.504 e. The zero-order valence-corrected chi connectivity index (χ0v) is 11.4. The van der Waals surface area contributed by atoms with E-state index in [9.17, 15) is 5.11 Å². The normalized spacial score (nSPS) is 10.7. The van der Waals surface area contributed by atoms with Gasteiger partial charge in [-0.15, -0.1) is 0 Å². The maximum atomic E-state index is 9.68. The molecule has 0 amide bonds. The molecule has 2 rings (SSSR count). The van der Waals surface area contributed by atoms with Crippen LogP contribution >= 0.6 is 0 Å². The van der Waals surface area contributed by atoms with E-state index in [-0.39, 0.29) is 5.75 Å². The summed E-state index contributed by atoms with van der Waals surface area (Å²) in [5, 5.41) is 9.68. The van der Waals surface area contributed by atoms with Gasteiger partial charge in [0.15, 0.2) is 11.5 Å². The van der Waals surface area contributed by atoms with Gasteiger partial charge in [-0.1, -0.05) is 13.8 Å². The Hall–Kier alpha value is -2.17. The fraction of sp³-hybridized carbons (Fsp3) is 0.357. The van der Waals surface area contributed by atoms with Crippen molar-refractivity contribution < 1.29 is 9.84 Å². The van der Waals surface area contributed by atoms with E-state index in [2.05, 4.69) is 23.8 Å². The number of hydrogen-bond donors (Lipinski definition) is 3. The first-order chi connectivity index (χ1) is 9.10. The van der Waals surface area contributed by atoms with Crippen molar-refractivity contribution in [3.8, 4) is 22.9 Å². The molecule has 19 heavy (non-hydrogen) atoms. The van der Waals surface area contributed by atoms with Gasteiger partial charge in [-0.05, 0) is 18.9 Å². The number of nitrogens with zero attached hydrogens (tertiary/aromatic N) is 1. The van der Waals surface area contributed by atoms with Gasteiger partial charge in [0.1, 0.15) is 5.82 Å². The Labute approximate surface area is 112 Å². The molecule has 5 heteroatoms. The Balaban J connectivity index is 2.55. The molecule has 102 valence electrons. The zero-order chi connectivity index (χ0) is 14.0. The second kappa shape index (κ2) is 5.22. The number of nitrogens with one attached hydrogen (secondary N) is 1. The number of rotatable bonds is 4. The maximum absolute atomic E-state index is 9.68. The Morgan fingerprint density at radius 3 is 2.58 bits per heavy atom. The second-order valence-corrected chi connectivity index (χ2v) is 4.33. The van der Waals surface area contributed by atoms with Gasteiger partial charge >= 0.3 is 0 Å². The van der Waals surface area contributed by atoms with Gasteiger partial charge in [-0.25, -0.2) is 4.98 Å². The molecule has 0 aliphatic heterocycles. The van der Waals surface area contributed by atoms with Gasteiger partial charge in [0.2, 0.25) is 0 Å². The Morgan fingerprint density at radius 2 is 2.05 bits per heavy atom. The first-order valence-corrected chi connectivity index (χ1v) is 6.35. The predicted octanol–water partition coefficient (Wildman–Crippen LogP) is 2.50. The van der Waals surface area contributed by atoms with Crippen molar-refractivity contribution in [2.75, 3.05) is 12.8 Å². The van der Waals surface area contributed by atoms with Crippen molar-refractivity contribution in [1.29, 1.82) is 0 Å². The van der Waals surface area contributed by atoms with Crippen molar-refractivity contribution in [2.24, 2.45) is 0 Å². The van der Waals surface area contributed by atoms with E-state index in [1.54, 1.807) is 6.07 Å². The lowest BCUT2D eigenvalue weighted by Gasteiger charge is -2.08. The molecule has 0 aliphatic rings. The molecule has 0 atom stereocenters. The number of phenolic OH excluding ortho intramolecular Hbond substituents is 1. The topological polar surface area (TPSA) is 84.2 Å². The van der Waals surface area contributed by atoms with Crippen LogP contribution in [-0.4, -0.2) is 22.2 Å². The molecule has 1 aromatic heterocycles. The lowest BCUT2D eigenvalue weighted by molar-refractivity contribution is 0.374. The van der Waals surface area contributed by atoms with Gasteiger partial charge in [0.05, 0.1) is 12.8 Å². The van der Waals surface area contributed by atoms with E-state index in [0.717, 1.165) is 29.8 Å². The smallest absolute Gasteiger partial charge is 0.161 e. The SMILES string of the molecule is CCc1nc(-c2cc(OC)c(O)cc2N)[nH]c1CC. The zero-order valence-electron chi connectivity index (χ0n) is 11.4. The lowest BCUT2D eigenvalue weighted by atomic mass is 10.1. The molecule has 1 aromatic carbocycles. The molecule has 0 radical (unpaired) electrons. The average Bonchev–Trinajstić information content (AvgIpc) is 2.82. The molecule has 0 aliphatic carbocycles. The summed E-state index contributed by atoms with van der Waals surface area (Å²) >= 11 is 0. The highest BCUT2D eigenvalue weighted by molar-refractivity contribution is 5.76. The number of benzene rings is 1. The fourth-order valence-corrected chi connectivity index (χ4v) is 2.11. The number of methoxy groups -OCH3 is 1. The van der Waals surface area contributed by atoms with Crippen molar-refractivity contribution in [3.63, 3.8) is 0 Å². The fourth-order valence-electron chi connectivity index (χ4n) is 2.11. The minimum atomic E-state index is 0.0294.